The van der Waals surface area contributed by atoms with E-state index in [-0.39, 0.29) is 23.4 Å². The van der Waals surface area contributed by atoms with Crippen molar-refractivity contribution in [3.05, 3.63) is 60.7 Å². The molecule has 1 aromatic carbocycles. The van der Waals surface area contributed by atoms with Gasteiger partial charge in [-0.1, -0.05) is 12.1 Å². The maximum atomic E-state index is 13.3. The van der Waals surface area contributed by atoms with Gasteiger partial charge in [0.25, 0.3) is 0 Å². The van der Waals surface area contributed by atoms with E-state index in [0.717, 1.165) is 5.69 Å². The van der Waals surface area contributed by atoms with E-state index in [1.165, 1.54) is 12.1 Å². The first kappa shape index (κ1) is 16.9. The summed E-state index contributed by atoms with van der Waals surface area (Å²) < 4.78 is 38.4. The van der Waals surface area contributed by atoms with Crippen LogP contribution < -0.4 is 0 Å². The number of aromatic nitrogens is 2. The first-order valence-corrected chi connectivity index (χ1v) is 9.65. The predicted octanol–water partition coefficient (Wildman–Crippen LogP) is 2.19. The molecule has 128 valence electrons. The molecule has 2 heterocycles. The van der Waals surface area contributed by atoms with E-state index in [1.54, 1.807) is 29.1 Å². The summed E-state index contributed by atoms with van der Waals surface area (Å²) in [6.07, 6.45) is 4.19. The molecular formula is C17H20FN3O2S. The van der Waals surface area contributed by atoms with Crippen LogP contribution in [-0.4, -0.2) is 47.2 Å². The standard InChI is InChI=1S/C17H20FN3O2S/c1-2-8-20(17-7-10-24(22,23)13-17)12-15-6-9-21(19-15)16-5-3-4-14(18)11-16/h2-6,9,11,17H,1,7-8,10,12-13H2/t17-/m0/s1. The fourth-order valence-corrected chi connectivity index (χ4v) is 4.75. The van der Waals surface area contributed by atoms with Gasteiger partial charge in [-0.2, -0.15) is 5.10 Å². The molecule has 0 saturated carbocycles. The van der Waals surface area contributed by atoms with E-state index in [0.29, 0.717) is 25.2 Å². The second-order valence-corrected chi connectivity index (χ2v) is 8.24. The minimum absolute atomic E-state index is 0.00711. The molecule has 1 aliphatic rings. The molecule has 2 aromatic rings. The van der Waals surface area contributed by atoms with Crippen LogP contribution in [0.15, 0.2) is 49.2 Å². The number of nitrogens with zero attached hydrogens (tertiary/aromatic N) is 3. The predicted molar refractivity (Wildman–Crippen MR) is 91.2 cm³/mol. The molecule has 3 rings (SSSR count). The average Bonchev–Trinajstić information content (AvgIpc) is 3.13. The highest BCUT2D eigenvalue weighted by molar-refractivity contribution is 7.91. The number of sulfone groups is 1. The van der Waals surface area contributed by atoms with Crippen molar-refractivity contribution >= 4 is 9.84 Å². The Bertz CT molecular complexity index is 832. The Kier molecular flexibility index (Phi) is 4.82. The Morgan fingerprint density at radius 3 is 2.92 bits per heavy atom. The van der Waals surface area contributed by atoms with E-state index >= 15 is 0 Å². The molecule has 1 atom stereocenters. The zero-order valence-corrected chi connectivity index (χ0v) is 14.1. The van der Waals surface area contributed by atoms with Crippen molar-refractivity contribution in [3.63, 3.8) is 0 Å². The van der Waals surface area contributed by atoms with Gasteiger partial charge < -0.3 is 0 Å². The summed E-state index contributed by atoms with van der Waals surface area (Å²) >= 11 is 0. The summed E-state index contributed by atoms with van der Waals surface area (Å²) in [6, 6.07) is 8.09. The van der Waals surface area contributed by atoms with E-state index in [4.69, 9.17) is 0 Å². The number of hydrogen-bond acceptors (Lipinski definition) is 4. The Morgan fingerprint density at radius 2 is 2.25 bits per heavy atom. The third kappa shape index (κ3) is 3.91. The van der Waals surface area contributed by atoms with Gasteiger partial charge in [-0.15, -0.1) is 6.58 Å². The summed E-state index contributed by atoms with van der Waals surface area (Å²) in [6.45, 7) is 4.89. The number of hydrogen-bond donors (Lipinski definition) is 0. The van der Waals surface area contributed by atoms with Crippen molar-refractivity contribution in [2.75, 3.05) is 18.1 Å². The van der Waals surface area contributed by atoms with E-state index in [2.05, 4.69) is 16.6 Å². The zero-order chi connectivity index (χ0) is 17.2. The largest absolute Gasteiger partial charge is 0.290 e. The quantitative estimate of drug-likeness (QED) is 0.750. The van der Waals surface area contributed by atoms with Gasteiger partial charge >= 0.3 is 0 Å². The summed E-state index contributed by atoms with van der Waals surface area (Å²) in [5.74, 6) is 0.114. The molecule has 24 heavy (non-hydrogen) atoms. The lowest BCUT2D eigenvalue weighted by atomic mass is 10.2. The number of benzene rings is 1. The van der Waals surface area contributed by atoms with Crippen LogP contribution in [0.1, 0.15) is 12.1 Å². The van der Waals surface area contributed by atoms with Crippen LogP contribution in [0, 0.1) is 5.82 Å². The lowest BCUT2D eigenvalue weighted by molar-refractivity contribution is 0.224. The van der Waals surface area contributed by atoms with Crippen LogP contribution in [0.2, 0.25) is 0 Å². The molecule has 0 amide bonds. The third-order valence-electron chi connectivity index (χ3n) is 4.17. The molecule has 0 bridgehead atoms. The van der Waals surface area contributed by atoms with E-state index in [9.17, 15) is 12.8 Å². The fourth-order valence-electron chi connectivity index (χ4n) is 2.99. The molecule has 0 unspecified atom stereocenters. The average molecular weight is 349 g/mol. The first-order chi connectivity index (χ1) is 11.5. The van der Waals surface area contributed by atoms with Crippen LogP contribution in [0.4, 0.5) is 4.39 Å². The van der Waals surface area contributed by atoms with Crippen molar-refractivity contribution in [3.8, 4) is 5.69 Å². The molecule has 1 aromatic heterocycles. The van der Waals surface area contributed by atoms with Crippen LogP contribution in [-0.2, 0) is 16.4 Å². The lowest BCUT2D eigenvalue weighted by Gasteiger charge is -2.25. The Labute approximate surface area is 141 Å². The van der Waals surface area contributed by atoms with E-state index < -0.39 is 9.84 Å². The van der Waals surface area contributed by atoms with Gasteiger partial charge in [0, 0.05) is 25.3 Å². The zero-order valence-electron chi connectivity index (χ0n) is 13.3. The molecule has 1 fully saturated rings. The van der Waals surface area contributed by atoms with Crippen LogP contribution >= 0.6 is 0 Å². The van der Waals surface area contributed by atoms with Crippen LogP contribution in [0.3, 0.4) is 0 Å². The highest BCUT2D eigenvalue weighted by atomic mass is 32.2. The van der Waals surface area contributed by atoms with E-state index in [1.807, 2.05) is 6.07 Å². The van der Waals surface area contributed by atoms with Crippen molar-refractivity contribution in [1.29, 1.82) is 0 Å². The van der Waals surface area contributed by atoms with Gasteiger partial charge in [0.15, 0.2) is 9.84 Å². The molecule has 0 N–H and O–H groups in total. The van der Waals surface area contributed by atoms with Gasteiger partial charge in [-0.25, -0.2) is 17.5 Å². The summed E-state index contributed by atoms with van der Waals surface area (Å²) in [5, 5.41) is 4.48. The highest BCUT2D eigenvalue weighted by Gasteiger charge is 2.32. The summed E-state index contributed by atoms with van der Waals surface area (Å²) in [5.41, 5.74) is 1.46. The maximum Gasteiger partial charge on any atom is 0.151 e. The second kappa shape index (κ2) is 6.86. The Balaban J connectivity index is 1.75. The minimum Gasteiger partial charge on any atom is -0.290 e. The molecule has 0 spiro atoms. The second-order valence-electron chi connectivity index (χ2n) is 6.01. The normalized spacial score (nSPS) is 19.7. The van der Waals surface area contributed by atoms with Crippen molar-refractivity contribution < 1.29 is 12.8 Å². The third-order valence-corrected chi connectivity index (χ3v) is 5.92. The Hall–Kier alpha value is -1.99. The SMILES string of the molecule is C=CCN(Cc1ccn(-c2cccc(F)c2)n1)[C@H]1CCS(=O)(=O)C1. The molecule has 0 radical (unpaired) electrons. The molecule has 7 heteroatoms. The van der Waals surface area contributed by atoms with Crippen LogP contribution in [0.5, 0.6) is 0 Å². The van der Waals surface area contributed by atoms with Gasteiger partial charge in [0.1, 0.15) is 5.82 Å². The molecule has 0 aliphatic carbocycles. The van der Waals surface area contributed by atoms with Gasteiger partial charge in [-0.05, 0) is 30.7 Å². The Morgan fingerprint density at radius 1 is 1.42 bits per heavy atom. The molecule has 5 nitrogen and oxygen atoms in total. The lowest BCUT2D eigenvalue weighted by Crippen LogP contribution is -2.36. The van der Waals surface area contributed by atoms with Gasteiger partial charge in [0.2, 0.25) is 0 Å². The maximum absolute atomic E-state index is 13.3. The van der Waals surface area contributed by atoms with Crippen molar-refractivity contribution in [2.45, 2.75) is 19.0 Å². The summed E-state index contributed by atoms with van der Waals surface area (Å²) in [4.78, 5) is 2.08. The fraction of sp³-hybridized carbons (Fsp3) is 0.353. The van der Waals surface area contributed by atoms with Crippen LogP contribution in [0.25, 0.3) is 5.69 Å². The highest BCUT2D eigenvalue weighted by Crippen LogP contribution is 2.20. The van der Waals surface area contributed by atoms with Gasteiger partial charge in [0.05, 0.1) is 22.9 Å². The smallest absolute Gasteiger partial charge is 0.151 e. The number of rotatable bonds is 6. The topological polar surface area (TPSA) is 55.2 Å². The van der Waals surface area contributed by atoms with Crippen molar-refractivity contribution in [2.24, 2.45) is 0 Å². The molecular weight excluding hydrogens is 329 g/mol. The first-order valence-electron chi connectivity index (χ1n) is 7.83. The summed E-state index contributed by atoms with van der Waals surface area (Å²) in [7, 11) is -2.94. The van der Waals surface area contributed by atoms with Crippen molar-refractivity contribution in [1.82, 2.24) is 14.7 Å². The minimum atomic E-state index is -2.94. The number of halogens is 1. The molecule has 1 aliphatic heterocycles. The monoisotopic (exact) mass is 349 g/mol. The van der Waals surface area contributed by atoms with Gasteiger partial charge in [-0.3, -0.25) is 4.90 Å². The molecule has 1 saturated heterocycles.